The molecule has 3 nitrogen and oxygen atoms in total. The predicted octanol–water partition coefficient (Wildman–Crippen LogP) is 1.44. The molecule has 0 aromatic heterocycles. The molecule has 0 rings (SSSR count). The molecule has 0 radical (unpaired) electrons. The van der Waals surface area contributed by atoms with Gasteiger partial charge in [-0.3, -0.25) is 4.79 Å². The number of carbonyl (C=O) groups is 1. The number of unbranched alkanes of at least 4 members (excludes halogenated alkanes) is 1. The summed E-state index contributed by atoms with van der Waals surface area (Å²) in [7, 11) is 4.21. The zero-order valence-corrected chi connectivity index (χ0v) is 7.92. The molecule has 0 aromatic carbocycles. The lowest BCUT2D eigenvalue weighted by Gasteiger charge is -2.05. The van der Waals surface area contributed by atoms with Crippen molar-refractivity contribution in [1.29, 1.82) is 0 Å². The van der Waals surface area contributed by atoms with Gasteiger partial charge in [-0.15, -0.1) is 0 Å². The van der Waals surface area contributed by atoms with Crippen molar-refractivity contribution in [1.82, 2.24) is 4.90 Å². The standard InChI is InChI=1S/C6H15N.C2H4O2/c1-4-5-6-7(2)3;1-2(3)4/h4-6H2,1-3H3;1H3,(H,3,4). The molecule has 0 saturated carbocycles. The first kappa shape index (κ1) is 13.1. The van der Waals surface area contributed by atoms with Crippen LogP contribution in [0.2, 0.25) is 0 Å². The van der Waals surface area contributed by atoms with E-state index in [1.54, 1.807) is 0 Å². The summed E-state index contributed by atoms with van der Waals surface area (Å²) in [5.41, 5.74) is 0. The molecule has 1 N–H and O–H groups in total. The summed E-state index contributed by atoms with van der Waals surface area (Å²) in [6.45, 7) is 4.53. The second kappa shape index (κ2) is 9.43. The Bertz CT molecular complexity index is 88.1. The molecule has 0 atom stereocenters. The van der Waals surface area contributed by atoms with Gasteiger partial charge in [0.2, 0.25) is 0 Å². The van der Waals surface area contributed by atoms with E-state index in [0.717, 1.165) is 6.92 Å². The van der Waals surface area contributed by atoms with Crippen LogP contribution in [0.1, 0.15) is 26.7 Å². The lowest BCUT2D eigenvalue weighted by molar-refractivity contribution is -0.134. The Labute approximate surface area is 69.0 Å². The van der Waals surface area contributed by atoms with E-state index in [1.165, 1.54) is 19.4 Å². The minimum atomic E-state index is -0.833. The molecular formula is C8H19NO2. The molecule has 0 amide bonds. The quantitative estimate of drug-likeness (QED) is 0.681. The number of aliphatic carboxylic acids is 1. The Morgan fingerprint density at radius 1 is 1.45 bits per heavy atom. The smallest absolute Gasteiger partial charge is 0.300 e. The van der Waals surface area contributed by atoms with Gasteiger partial charge in [0.05, 0.1) is 0 Å². The van der Waals surface area contributed by atoms with Gasteiger partial charge in [-0.25, -0.2) is 0 Å². The maximum atomic E-state index is 9.00. The van der Waals surface area contributed by atoms with Gasteiger partial charge in [-0.2, -0.15) is 0 Å². The van der Waals surface area contributed by atoms with Crippen molar-refractivity contribution in [2.75, 3.05) is 20.6 Å². The predicted molar refractivity (Wildman–Crippen MR) is 46.8 cm³/mol. The van der Waals surface area contributed by atoms with Crippen LogP contribution < -0.4 is 0 Å². The fourth-order valence-corrected chi connectivity index (χ4v) is 0.474. The Kier molecular flexibility index (Phi) is 11.2. The molecule has 0 aliphatic rings. The highest BCUT2D eigenvalue weighted by atomic mass is 16.4. The van der Waals surface area contributed by atoms with E-state index < -0.39 is 5.97 Å². The average molecular weight is 161 g/mol. The zero-order chi connectivity index (χ0) is 9.28. The number of nitrogens with zero attached hydrogens (tertiary/aromatic N) is 1. The van der Waals surface area contributed by atoms with E-state index in [4.69, 9.17) is 9.90 Å². The van der Waals surface area contributed by atoms with Crippen LogP contribution in [0.25, 0.3) is 0 Å². The first-order chi connectivity index (χ1) is 5.00. The Morgan fingerprint density at radius 2 is 1.82 bits per heavy atom. The van der Waals surface area contributed by atoms with Crippen LogP contribution in [0.15, 0.2) is 0 Å². The number of carboxylic acids is 1. The van der Waals surface area contributed by atoms with E-state index in [1.807, 2.05) is 0 Å². The van der Waals surface area contributed by atoms with Crippen molar-refractivity contribution in [3.8, 4) is 0 Å². The van der Waals surface area contributed by atoms with Crippen LogP contribution in [0.5, 0.6) is 0 Å². The summed E-state index contributed by atoms with van der Waals surface area (Å²) in [5, 5.41) is 7.42. The van der Waals surface area contributed by atoms with Crippen LogP contribution in [0.4, 0.5) is 0 Å². The lowest BCUT2D eigenvalue weighted by Crippen LogP contribution is -2.12. The van der Waals surface area contributed by atoms with Gasteiger partial charge in [0, 0.05) is 6.92 Å². The van der Waals surface area contributed by atoms with E-state index in [0.29, 0.717) is 0 Å². The van der Waals surface area contributed by atoms with Crippen molar-refractivity contribution in [2.24, 2.45) is 0 Å². The van der Waals surface area contributed by atoms with Crippen LogP contribution >= 0.6 is 0 Å². The van der Waals surface area contributed by atoms with Gasteiger partial charge >= 0.3 is 0 Å². The zero-order valence-electron chi connectivity index (χ0n) is 7.92. The molecule has 3 heteroatoms. The molecule has 0 aliphatic carbocycles. The summed E-state index contributed by atoms with van der Waals surface area (Å²) in [4.78, 5) is 11.2. The van der Waals surface area contributed by atoms with E-state index in [2.05, 4.69) is 25.9 Å². The average Bonchev–Trinajstić information content (AvgIpc) is 1.82. The highest BCUT2D eigenvalue weighted by Crippen LogP contribution is 1.86. The topological polar surface area (TPSA) is 40.5 Å². The van der Waals surface area contributed by atoms with Crippen molar-refractivity contribution in [3.63, 3.8) is 0 Å². The number of hydrogen-bond acceptors (Lipinski definition) is 2. The molecule has 0 spiro atoms. The number of carboxylic acid groups (broad SMARTS) is 1. The number of rotatable bonds is 3. The minimum Gasteiger partial charge on any atom is -0.481 e. The van der Waals surface area contributed by atoms with Crippen LogP contribution in [0.3, 0.4) is 0 Å². The summed E-state index contributed by atoms with van der Waals surface area (Å²) >= 11 is 0. The molecule has 0 aliphatic heterocycles. The Morgan fingerprint density at radius 3 is 1.91 bits per heavy atom. The maximum Gasteiger partial charge on any atom is 0.300 e. The third-order valence-electron chi connectivity index (χ3n) is 0.959. The molecular weight excluding hydrogens is 142 g/mol. The van der Waals surface area contributed by atoms with Gasteiger partial charge in [0.1, 0.15) is 0 Å². The van der Waals surface area contributed by atoms with Crippen molar-refractivity contribution < 1.29 is 9.90 Å². The fourth-order valence-electron chi connectivity index (χ4n) is 0.474. The van der Waals surface area contributed by atoms with Crippen molar-refractivity contribution in [3.05, 3.63) is 0 Å². The summed E-state index contributed by atoms with van der Waals surface area (Å²) < 4.78 is 0. The van der Waals surface area contributed by atoms with Gasteiger partial charge < -0.3 is 10.0 Å². The SMILES string of the molecule is CC(=O)O.CCCCN(C)C. The molecule has 0 unspecified atom stereocenters. The van der Waals surface area contributed by atoms with E-state index in [-0.39, 0.29) is 0 Å². The first-order valence-electron chi connectivity index (χ1n) is 3.85. The highest BCUT2D eigenvalue weighted by Gasteiger charge is 1.83. The maximum absolute atomic E-state index is 9.00. The van der Waals surface area contributed by atoms with Crippen molar-refractivity contribution in [2.45, 2.75) is 26.7 Å². The highest BCUT2D eigenvalue weighted by molar-refractivity contribution is 5.62. The summed E-state index contributed by atoms with van der Waals surface area (Å²) in [6.07, 6.45) is 2.63. The first-order valence-corrected chi connectivity index (χ1v) is 3.85. The fraction of sp³-hybridized carbons (Fsp3) is 0.875. The third kappa shape index (κ3) is 44.2. The molecule has 0 saturated heterocycles. The summed E-state index contributed by atoms with van der Waals surface area (Å²) in [5.74, 6) is -0.833. The Hall–Kier alpha value is -0.570. The van der Waals surface area contributed by atoms with Gasteiger partial charge in [-0.05, 0) is 27.1 Å². The monoisotopic (exact) mass is 161 g/mol. The molecule has 0 bridgehead atoms. The van der Waals surface area contributed by atoms with E-state index in [9.17, 15) is 0 Å². The van der Waals surface area contributed by atoms with Crippen LogP contribution in [-0.4, -0.2) is 36.6 Å². The van der Waals surface area contributed by atoms with Gasteiger partial charge in [-0.1, -0.05) is 13.3 Å². The summed E-state index contributed by atoms with van der Waals surface area (Å²) in [6, 6.07) is 0. The second-order valence-corrected chi connectivity index (χ2v) is 2.68. The molecule has 11 heavy (non-hydrogen) atoms. The van der Waals surface area contributed by atoms with Crippen molar-refractivity contribution >= 4 is 5.97 Å². The minimum absolute atomic E-state index is 0.833. The Balaban J connectivity index is 0. The molecule has 0 fully saturated rings. The largest absolute Gasteiger partial charge is 0.481 e. The second-order valence-electron chi connectivity index (χ2n) is 2.68. The van der Waals surface area contributed by atoms with E-state index >= 15 is 0 Å². The molecule has 68 valence electrons. The van der Waals surface area contributed by atoms with Gasteiger partial charge in [0.15, 0.2) is 0 Å². The van der Waals surface area contributed by atoms with Crippen LogP contribution in [0, 0.1) is 0 Å². The normalized spacial score (nSPS) is 8.82. The molecule has 0 heterocycles. The van der Waals surface area contributed by atoms with Crippen LogP contribution in [-0.2, 0) is 4.79 Å². The third-order valence-corrected chi connectivity index (χ3v) is 0.959. The molecule has 0 aromatic rings. The number of hydrogen-bond donors (Lipinski definition) is 1. The van der Waals surface area contributed by atoms with Gasteiger partial charge in [0.25, 0.3) is 5.97 Å². The lowest BCUT2D eigenvalue weighted by atomic mass is 10.3.